The van der Waals surface area contributed by atoms with Crippen LogP contribution in [0.4, 0.5) is 5.82 Å². The van der Waals surface area contributed by atoms with Crippen LogP contribution in [-0.4, -0.2) is 46.2 Å². The molecule has 1 aliphatic heterocycles. The first kappa shape index (κ1) is 22.4. The van der Waals surface area contributed by atoms with Crippen molar-refractivity contribution < 1.29 is 4.52 Å². The van der Waals surface area contributed by atoms with Crippen LogP contribution in [0.15, 0.2) is 39.8 Å². The molecule has 0 unspecified atom stereocenters. The fraction of sp³-hybridized carbons (Fsp3) is 0.400. The molecule has 4 aromatic rings. The van der Waals surface area contributed by atoms with Gasteiger partial charge in [0.2, 0.25) is 0 Å². The third-order valence-electron chi connectivity index (χ3n) is 6.40. The molecule has 1 fully saturated rings. The van der Waals surface area contributed by atoms with Crippen LogP contribution in [0.25, 0.3) is 10.2 Å². The second kappa shape index (κ2) is 9.44. The molecule has 1 saturated heterocycles. The Morgan fingerprint density at radius 2 is 1.76 bits per heavy atom. The van der Waals surface area contributed by atoms with Crippen molar-refractivity contribution in [3.63, 3.8) is 0 Å². The number of hydrogen-bond donors (Lipinski definition) is 0. The minimum Gasteiger partial charge on any atom is -0.361 e. The summed E-state index contributed by atoms with van der Waals surface area (Å²) in [5, 5.41) is 5.34. The first-order valence-electron chi connectivity index (χ1n) is 11.3. The molecular formula is C25H29N5OS2. The van der Waals surface area contributed by atoms with Gasteiger partial charge in [-0.3, -0.25) is 4.90 Å². The van der Waals surface area contributed by atoms with E-state index in [0.29, 0.717) is 0 Å². The molecule has 0 amide bonds. The van der Waals surface area contributed by atoms with Crippen molar-refractivity contribution in [2.24, 2.45) is 0 Å². The monoisotopic (exact) mass is 479 g/mol. The average Bonchev–Trinajstić information content (AvgIpc) is 3.30. The number of aromatic nitrogens is 3. The zero-order chi connectivity index (χ0) is 22.9. The molecule has 8 heteroatoms. The molecular weight excluding hydrogens is 450 g/mol. The molecule has 1 aromatic carbocycles. The number of hydrogen-bond acceptors (Lipinski definition) is 8. The van der Waals surface area contributed by atoms with Gasteiger partial charge in [-0.15, -0.1) is 23.1 Å². The van der Waals surface area contributed by atoms with E-state index in [-0.39, 0.29) is 0 Å². The molecule has 33 heavy (non-hydrogen) atoms. The SMILES string of the molecule is Cc1noc(C)c1CN1CCN(c2nc(CSc3ccccc3)nc3sc(C)c(C)c23)CC1. The molecule has 1 aliphatic rings. The van der Waals surface area contributed by atoms with Crippen LogP contribution in [0.5, 0.6) is 0 Å². The van der Waals surface area contributed by atoms with Gasteiger partial charge in [-0.25, -0.2) is 9.97 Å². The van der Waals surface area contributed by atoms with Gasteiger partial charge in [0.15, 0.2) is 0 Å². The van der Waals surface area contributed by atoms with E-state index in [1.165, 1.54) is 26.3 Å². The predicted molar refractivity (Wildman–Crippen MR) is 136 cm³/mol. The van der Waals surface area contributed by atoms with Crippen molar-refractivity contribution in [1.82, 2.24) is 20.0 Å². The molecule has 0 spiro atoms. The summed E-state index contributed by atoms with van der Waals surface area (Å²) in [6.45, 7) is 13.2. The first-order valence-corrected chi connectivity index (χ1v) is 13.1. The summed E-state index contributed by atoms with van der Waals surface area (Å²) in [5.41, 5.74) is 3.53. The molecule has 6 nitrogen and oxygen atoms in total. The number of benzene rings is 1. The van der Waals surface area contributed by atoms with Crippen LogP contribution in [0.2, 0.25) is 0 Å². The largest absolute Gasteiger partial charge is 0.361 e. The summed E-state index contributed by atoms with van der Waals surface area (Å²) < 4.78 is 5.35. The lowest BCUT2D eigenvalue weighted by atomic mass is 10.1. The highest BCUT2D eigenvalue weighted by atomic mass is 32.2. The molecule has 0 N–H and O–H groups in total. The van der Waals surface area contributed by atoms with E-state index in [2.05, 4.69) is 53.1 Å². The molecule has 0 aliphatic carbocycles. The Kier molecular flexibility index (Phi) is 6.40. The molecule has 3 aromatic heterocycles. The van der Waals surface area contributed by atoms with Crippen LogP contribution in [-0.2, 0) is 12.3 Å². The molecule has 4 heterocycles. The maximum absolute atomic E-state index is 5.35. The number of thiophene rings is 1. The van der Waals surface area contributed by atoms with Crippen molar-refractivity contribution in [1.29, 1.82) is 0 Å². The number of aryl methyl sites for hydroxylation is 4. The highest BCUT2D eigenvalue weighted by Crippen LogP contribution is 2.36. The van der Waals surface area contributed by atoms with Gasteiger partial charge in [0.05, 0.1) is 16.8 Å². The maximum Gasteiger partial charge on any atom is 0.142 e. The van der Waals surface area contributed by atoms with E-state index in [0.717, 1.165) is 66.4 Å². The van der Waals surface area contributed by atoms with Crippen molar-refractivity contribution in [2.75, 3.05) is 31.1 Å². The van der Waals surface area contributed by atoms with Gasteiger partial charge >= 0.3 is 0 Å². The molecule has 0 radical (unpaired) electrons. The molecule has 5 rings (SSSR count). The number of piperazine rings is 1. The summed E-state index contributed by atoms with van der Waals surface area (Å²) in [4.78, 5) is 18.7. The normalized spacial score (nSPS) is 15.0. The average molecular weight is 480 g/mol. The van der Waals surface area contributed by atoms with Crippen molar-refractivity contribution in [2.45, 2.75) is 44.9 Å². The molecule has 172 valence electrons. The van der Waals surface area contributed by atoms with Gasteiger partial charge in [-0.05, 0) is 45.4 Å². The smallest absolute Gasteiger partial charge is 0.142 e. The second-order valence-electron chi connectivity index (χ2n) is 8.59. The summed E-state index contributed by atoms with van der Waals surface area (Å²) >= 11 is 3.58. The minimum absolute atomic E-state index is 0.773. The third kappa shape index (κ3) is 4.65. The minimum atomic E-state index is 0.773. The van der Waals surface area contributed by atoms with E-state index < -0.39 is 0 Å². The Balaban J connectivity index is 1.36. The number of nitrogens with zero attached hydrogens (tertiary/aromatic N) is 5. The molecule has 0 bridgehead atoms. The Morgan fingerprint density at radius 3 is 2.45 bits per heavy atom. The fourth-order valence-corrected chi connectivity index (χ4v) is 6.12. The van der Waals surface area contributed by atoms with Crippen LogP contribution < -0.4 is 4.90 Å². The number of thioether (sulfide) groups is 1. The number of rotatable bonds is 6. The van der Waals surface area contributed by atoms with E-state index >= 15 is 0 Å². The zero-order valence-electron chi connectivity index (χ0n) is 19.6. The Morgan fingerprint density at radius 1 is 1.00 bits per heavy atom. The van der Waals surface area contributed by atoms with Gasteiger partial charge in [-0.2, -0.15) is 0 Å². The first-order chi connectivity index (χ1) is 16.0. The quantitative estimate of drug-likeness (QED) is 0.337. The fourth-order valence-electron chi connectivity index (χ4n) is 4.30. The highest BCUT2D eigenvalue weighted by Gasteiger charge is 2.24. The summed E-state index contributed by atoms with van der Waals surface area (Å²) in [7, 11) is 0. The van der Waals surface area contributed by atoms with Crippen molar-refractivity contribution in [3.05, 3.63) is 63.6 Å². The summed E-state index contributed by atoms with van der Waals surface area (Å²) in [6.07, 6.45) is 0. The van der Waals surface area contributed by atoms with Gasteiger partial charge in [0, 0.05) is 48.1 Å². The van der Waals surface area contributed by atoms with Crippen LogP contribution in [0, 0.1) is 27.7 Å². The van der Waals surface area contributed by atoms with E-state index in [9.17, 15) is 0 Å². The highest BCUT2D eigenvalue weighted by molar-refractivity contribution is 7.98. The third-order valence-corrected chi connectivity index (χ3v) is 8.51. The van der Waals surface area contributed by atoms with Gasteiger partial charge < -0.3 is 9.42 Å². The van der Waals surface area contributed by atoms with E-state index in [1.54, 1.807) is 23.1 Å². The van der Waals surface area contributed by atoms with Crippen LogP contribution in [0.3, 0.4) is 0 Å². The van der Waals surface area contributed by atoms with E-state index in [4.69, 9.17) is 14.5 Å². The standard InChI is InChI=1S/C25H29N5OS2/c1-16-19(4)33-25-23(16)24(26-22(27-25)15-32-20-8-6-5-7-9-20)30-12-10-29(11-13-30)14-21-17(2)28-31-18(21)3/h5-9H,10-15H2,1-4H3. The van der Waals surface area contributed by atoms with E-state index in [1.807, 2.05) is 19.9 Å². The summed E-state index contributed by atoms with van der Waals surface area (Å²) in [5.74, 6) is 3.71. The van der Waals surface area contributed by atoms with Crippen molar-refractivity contribution in [3.8, 4) is 0 Å². The maximum atomic E-state index is 5.35. The van der Waals surface area contributed by atoms with Gasteiger partial charge in [0.25, 0.3) is 0 Å². The lowest BCUT2D eigenvalue weighted by Crippen LogP contribution is -2.46. The number of fused-ring (bicyclic) bond motifs is 1. The lowest BCUT2D eigenvalue weighted by Gasteiger charge is -2.35. The Bertz CT molecular complexity index is 1240. The Hall–Kier alpha value is -2.42. The lowest BCUT2D eigenvalue weighted by molar-refractivity contribution is 0.247. The summed E-state index contributed by atoms with van der Waals surface area (Å²) in [6, 6.07) is 10.5. The Labute approximate surface area is 203 Å². The molecule has 0 saturated carbocycles. The zero-order valence-corrected chi connectivity index (χ0v) is 21.2. The van der Waals surface area contributed by atoms with Crippen LogP contribution in [0.1, 0.15) is 33.3 Å². The number of anilines is 1. The van der Waals surface area contributed by atoms with Crippen molar-refractivity contribution >= 4 is 39.1 Å². The molecule has 0 atom stereocenters. The van der Waals surface area contributed by atoms with Gasteiger partial charge in [0.1, 0.15) is 22.2 Å². The predicted octanol–water partition coefficient (Wildman–Crippen LogP) is 5.53. The van der Waals surface area contributed by atoms with Crippen LogP contribution >= 0.6 is 23.1 Å². The van der Waals surface area contributed by atoms with Gasteiger partial charge in [-0.1, -0.05) is 23.4 Å². The second-order valence-corrected chi connectivity index (χ2v) is 10.8. The topological polar surface area (TPSA) is 58.3 Å².